The van der Waals surface area contributed by atoms with E-state index in [1.54, 1.807) is 6.07 Å². The molecule has 1 heterocycles. The van der Waals surface area contributed by atoms with E-state index in [0.29, 0.717) is 10.8 Å². The number of allylic oxidation sites excluding steroid dienone is 2. The highest BCUT2D eigenvalue weighted by molar-refractivity contribution is 7.99. The lowest BCUT2D eigenvalue weighted by atomic mass is 9.90. The minimum atomic E-state index is -0.832. The van der Waals surface area contributed by atoms with Crippen molar-refractivity contribution in [3.05, 3.63) is 56.7 Å². The number of halogens is 1. The van der Waals surface area contributed by atoms with Crippen LogP contribution in [0.15, 0.2) is 46.3 Å². The Morgan fingerprint density at radius 3 is 2.66 bits per heavy atom. The maximum atomic E-state index is 11.0. The zero-order chi connectivity index (χ0) is 20.6. The zero-order valence-electron chi connectivity index (χ0n) is 17.0. The Kier molecular flexibility index (Phi) is 8.70. The Morgan fingerprint density at radius 2 is 1.97 bits per heavy atom. The Bertz CT molecular complexity index is 839. The molecule has 1 atom stereocenters. The Balaban J connectivity index is 1.55. The number of aromatic carboxylic acids is 1. The van der Waals surface area contributed by atoms with E-state index in [2.05, 4.69) is 31.2 Å². The quantitative estimate of drug-likeness (QED) is 0.278. The van der Waals surface area contributed by atoms with E-state index in [1.165, 1.54) is 52.4 Å². The Hall–Kier alpha value is -1.23. The van der Waals surface area contributed by atoms with E-state index in [4.69, 9.17) is 16.7 Å². The van der Waals surface area contributed by atoms with E-state index < -0.39 is 5.97 Å². The smallest absolute Gasteiger partial charge is 0.345 e. The van der Waals surface area contributed by atoms with Gasteiger partial charge in [-0.15, -0.1) is 23.1 Å². The van der Waals surface area contributed by atoms with Gasteiger partial charge in [-0.3, -0.25) is 0 Å². The van der Waals surface area contributed by atoms with Crippen molar-refractivity contribution in [1.82, 2.24) is 0 Å². The highest BCUT2D eigenvalue weighted by Crippen LogP contribution is 2.43. The van der Waals surface area contributed by atoms with Gasteiger partial charge in [-0.05, 0) is 85.6 Å². The summed E-state index contributed by atoms with van der Waals surface area (Å²) in [4.78, 5) is 14.0. The number of carboxylic acid groups (broad SMARTS) is 1. The molecule has 3 rings (SSSR count). The van der Waals surface area contributed by atoms with Gasteiger partial charge in [0.05, 0.1) is 0 Å². The van der Waals surface area contributed by atoms with Crippen LogP contribution in [-0.4, -0.2) is 16.8 Å². The van der Waals surface area contributed by atoms with Gasteiger partial charge in [0.2, 0.25) is 0 Å². The normalized spacial score (nSPS) is 16.6. The second-order valence-electron chi connectivity index (χ2n) is 7.60. The molecular formula is C24H29ClO2S2. The summed E-state index contributed by atoms with van der Waals surface area (Å²) in [5, 5.41) is 10.1. The molecule has 1 N–H and O–H groups in total. The van der Waals surface area contributed by atoms with Crippen LogP contribution in [0.5, 0.6) is 0 Å². The number of thioether (sulfide) groups is 1. The van der Waals surface area contributed by atoms with Crippen molar-refractivity contribution in [2.75, 3.05) is 5.75 Å². The lowest BCUT2D eigenvalue weighted by Crippen LogP contribution is -2.00. The van der Waals surface area contributed by atoms with Gasteiger partial charge in [-0.25, -0.2) is 4.79 Å². The number of aryl methyl sites for hydroxylation is 1. The van der Waals surface area contributed by atoms with Gasteiger partial charge in [-0.1, -0.05) is 43.5 Å². The monoisotopic (exact) mass is 448 g/mol. The molecule has 156 valence electrons. The topological polar surface area (TPSA) is 37.3 Å². The number of benzene rings is 1. The molecule has 0 bridgehead atoms. The molecule has 0 amide bonds. The largest absolute Gasteiger partial charge is 0.477 e. The van der Waals surface area contributed by atoms with Gasteiger partial charge in [0.15, 0.2) is 0 Å². The minimum absolute atomic E-state index is 0.428. The predicted octanol–water partition coefficient (Wildman–Crippen LogP) is 8.11. The summed E-state index contributed by atoms with van der Waals surface area (Å²) in [6.07, 6.45) is 9.03. The lowest BCUT2D eigenvalue weighted by molar-refractivity contribution is 0.0702. The summed E-state index contributed by atoms with van der Waals surface area (Å²) >= 11 is 9.94. The van der Waals surface area contributed by atoms with Gasteiger partial charge in [-0.2, -0.15) is 0 Å². The summed E-state index contributed by atoms with van der Waals surface area (Å²) in [5.74, 6) is 0.858. The standard InChI is InChI=1S/C24H29ClO2S2/c1-2-3-4-16-28-19-11-8-18(9-12-19)23-17(10-14-21(23)25)6-5-7-20-13-15-22(29-20)24(26)27/h8-9,11-13,15,17H,2-7,10,14,16H2,1H3,(H,26,27). The summed E-state index contributed by atoms with van der Waals surface area (Å²) < 4.78 is 0. The summed E-state index contributed by atoms with van der Waals surface area (Å²) in [7, 11) is 0. The maximum Gasteiger partial charge on any atom is 0.345 e. The van der Waals surface area contributed by atoms with Crippen LogP contribution >= 0.6 is 34.7 Å². The number of thiophene rings is 1. The first-order valence-corrected chi connectivity index (χ1v) is 12.7. The second-order valence-corrected chi connectivity index (χ2v) is 10.4. The van der Waals surface area contributed by atoms with Crippen molar-refractivity contribution >= 4 is 46.2 Å². The fourth-order valence-electron chi connectivity index (χ4n) is 3.91. The van der Waals surface area contributed by atoms with Gasteiger partial charge in [0, 0.05) is 14.8 Å². The third-order valence-corrected chi connectivity index (χ3v) is 8.07. The molecule has 0 spiro atoms. The molecule has 2 nitrogen and oxygen atoms in total. The highest BCUT2D eigenvalue weighted by Gasteiger charge is 2.25. The van der Waals surface area contributed by atoms with E-state index in [1.807, 2.05) is 17.8 Å². The van der Waals surface area contributed by atoms with Crippen LogP contribution in [0, 0.1) is 5.92 Å². The van der Waals surface area contributed by atoms with E-state index >= 15 is 0 Å². The molecule has 0 fully saturated rings. The van der Waals surface area contributed by atoms with Crippen LogP contribution in [0.2, 0.25) is 0 Å². The summed E-state index contributed by atoms with van der Waals surface area (Å²) in [5.41, 5.74) is 2.59. The Labute approximate surface area is 187 Å². The average molecular weight is 449 g/mol. The number of unbranched alkanes of at least 4 members (excludes halogenated alkanes) is 2. The number of rotatable bonds is 11. The predicted molar refractivity (Wildman–Crippen MR) is 126 cm³/mol. The molecule has 0 radical (unpaired) electrons. The van der Waals surface area contributed by atoms with Crippen molar-refractivity contribution in [3.8, 4) is 0 Å². The van der Waals surface area contributed by atoms with E-state index in [9.17, 15) is 4.79 Å². The van der Waals surface area contributed by atoms with E-state index in [-0.39, 0.29) is 0 Å². The maximum absolute atomic E-state index is 11.0. The molecule has 29 heavy (non-hydrogen) atoms. The molecule has 1 aromatic heterocycles. The zero-order valence-corrected chi connectivity index (χ0v) is 19.3. The molecule has 0 saturated carbocycles. The fraction of sp³-hybridized carbons (Fsp3) is 0.458. The number of carboxylic acids is 1. The lowest BCUT2D eigenvalue weighted by Gasteiger charge is -2.16. The van der Waals surface area contributed by atoms with Crippen molar-refractivity contribution in [2.24, 2.45) is 5.92 Å². The van der Waals surface area contributed by atoms with Crippen molar-refractivity contribution in [1.29, 1.82) is 0 Å². The molecule has 1 aromatic carbocycles. The van der Waals surface area contributed by atoms with Crippen LogP contribution in [-0.2, 0) is 6.42 Å². The third-order valence-electron chi connectivity index (χ3n) is 5.44. The molecular weight excluding hydrogens is 420 g/mol. The molecule has 1 aliphatic rings. The number of hydrogen-bond acceptors (Lipinski definition) is 3. The average Bonchev–Trinajstić information content (AvgIpc) is 3.33. The molecule has 1 unspecified atom stereocenters. The number of carbonyl (C=O) groups is 1. The minimum Gasteiger partial charge on any atom is -0.477 e. The van der Waals surface area contributed by atoms with Crippen molar-refractivity contribution in [2.45, 2.75) is 63.2 Å². The molecule has 2 aromatic rings. The molecule has 0 aliphatic heterocycles. The third kappa shape index (κ3) is 6.37. The van der Waals surface area contributed by atoms with Crippen LogP contribution in [0.3, 0.4) is 0 Å². The van der Waals surface area contributed by atoms with E-state index in [0.717, 1.165) is 42.0 Å². The summed E-state index contributed by atoms with van der Waals surface area (Å²) in [6.45, 7) is 2.24. The van der Waals surface area contributed by atoms with Crippen LogP contribution in [0.25, 0.3) is 5.57 Å². The fourth-order valence-corrected chi connectivity index (χ4v) is 6.08. The van der Waals surface area contributed by atoms with Crippen LogP contribution in [0.1, 0.15) is 72.0 Å². The first-order chi connectivity index (χ1) is 14.1. The first kappa shape index (κ1) is 22.5. The van der Waals surface area contributed by atoms with Gasteiger partial charge in [0.1, 0.15) is 4.88 Å². The molecule has 0 saturated heterocycles. The van der Waals surface area contributed by atoms with Crippen LogP contribution < -0.4 is 0 Å². The van der Waals surface area contributed by atoms with Gasteiger partial charge < -0.3 is 5.11 Å². The van der Waals surface area contributed by atoms with Gasteiger partial charge >= 0.3 is 5.97 Å². The first-order valence-electron chi connectivity index (χ1n) is 10.5. The van der Waals surface area contributed by atoms with Crippen LogP contribution in [0.4, 0.5) is 0 Å². The Morgan fingerprint density at radius 1 is 1.17 bits per heavy atom. The summed E-state index contributed by atoms with van der Waals surface area (Å²) in [6, 6.07) is 12.6. The van der Waals surface area contributed by atoms with Gasteiger partial charge in [0.25, 0.3) is 0 Å². The van der Waals surface area contributed by atoms with Crippen molar-refractivity contribution < 1.29 is 9.90 Å². The number of hydrogen-bond donors (Lipinski definition) is 1. The second kappa shape index (κ2) is 11.2. The van der Waals surface area contributed by atoms with Crippen molar-refractivity contribution in [3.63, 3.8) is 0 Å². The molecule has 5 heteroatoms. The molecule has 1 aliphatic carbocycles. The SMILES string of the molecule is CCCCCSc1ccc(C2=C(Cl)CCC2CCCc2ccc(C(=O)O)s2)cc1. The highest BCUT2D eigenvalue weighted by atomic mass is 35.5.